The fourth-order valence-electron chi connectivity index (χ4n) is 5.05. The second-order valence-corrected chi connectivity index (χ2v) is 11.3. The summed E-state index contributed by atoms with van der Waals surface area (Å²) in [5.74, 6) is 1.88. The molecule has 1 unspecified atom stereocenters. The third kappa shape index (κ3) is 7.50. The highest BCUT2D eigenvalue weighted by molar-refractivity contribution is 7.99. The summed E-state index contributed by atoms with van der Waals surface area (Å²) < 4.78 is 0. The van der Waals surface area contributed by atoms with E-state index in [0.717, 1.165) is 69.7 Å². The van der Waals surface area contributed by atoms with Gasteiger partial charge in [-0.25, -0.2) is 19.9 Å². The monoisotopic (exact) mass is 553 g/mol. The second kappa shape index (κ2) is 14.7. The minimum Gasteiger partial charge on any atom is -0.365 e. The normalized spacial score (nSPS) is 12.1. The number of H-pyrrole nitrogens is 2. The van der Waals surface area contributed by atoms with Gasteiger partial charge in [0.15, 0.2) is 16.6 Å². The Morgan fingerprint density at radius 2 is 1.52 bits per heavy atom. The summed E-state index contributed by atoms with van der Waals surface area (Å²) in [4.78, 5) is 24.9. The Hall–Kier alpha value is -3.65. The first-order valence-corrected chi connectivity index (χ1v) is 15.5. The van der Waals surface area contributed by atoms with Gasteiger partial charge < -0.3 is 15.3 Å². The highest BCUT2D eigenvalue weighted by Gasteiger charge is 2.15. The summed E-state index contributed by atoms with van der Waals surface area (Å²) in [5.41, 5.74) is 6.00. The van der Waals surface area contributed by atoms with Gasteiger partial charge in [-0.1, -0.05) is 118 Å². The van der Waals surface area contributed by atoms with E-state index in [-0.39, 0.29) is 0 Å². The van der Waals surface area contributed by atoms with Crippen LogP contribution >= 0.6 is 11.8 Å². The zero-order valence-corrected chi connectivity index (χ0v) is 24.1. The number of aromatic nitrogens is 6. The molecule has 0 bridgehead atoms. The van der Waals surface area contributed by atoms with Crippen molar-refractivity contribution >= 4 is 28.7 Å². The van der Waals surface area contributed by atoms with Crippen LogP contribution in [0.2, 0.25) is 0 Å². The maximum atomic E-state index is 5.00. The van der Waals surface area contributed by atoms with E-state index >= 15 is 0 Å². The number of rotatable bonds is 16. The minimum atomic E-state index is 0.395. The molecule has 0 aliphatic carbocycles. The number of unbranched alkanes of at least 4 members (excludes halogenated alkanes) is 5. The summed E-state index contributed by atoms with van der Waals surface area (Å²) >= 11 is 1.82. The lowest BCUT2D eigenvalue weighted by molar-refractivity contribution is 0.520. The average molecular weight is 554 g/mol. The van der Waals surface area contributed by atoms with Gasteiger partial charge in [0.2, 0.25) is 0 Å². The molecule has 5 aromatic rings. The maximum absolute atomic E-state index is 5.00. The van der Waals surface area contributed by atoms with Crippen molar-refractivity contribution in [3.63, 3.8) is 0 Å². The first-order chi connectivity index (χ1) is 19.8. The first-order valence-electron chi connectivity index (χ1n) is 14.6. The van der Waals surface area contributed by atoms with Gasteiger partial charge in [0.05, 0.1) is 17.7 Å². The molecule has 0 saturated carbocycles. The lowest BCUT2D eigenvalue weighted by Gasteiger charge is -2.19. The van der Waals surface area contributed by atoms with E-state index in [4.69, 9.17) is 4.98 Å². The Balaban J connectivity index is 1.14. The van der Waals surface area contributed by atoms with Crippen molar-refractivity contribution < 1.29 is 0 Å². The van der Waals surface area contributed by atoms with Crippen molar-refractivity contribution in [3.05, 3.63) is 73.3 Å². The summed E-state index contributed by atoms with van der Waals surface area (Å²) in [6, 6.07) is 21.3. The van der Waals surface area contributed by atoms with Crippen LogP contribution in [0.15, 0.2) is 78.5 Å². The van der Waals surface area contributed by atoms with E-state index in [0.29, 0.717) is 6.04 Å². The number of hydrogen-bond donors (Lipinski definition) is 3. The number of nitrogens with one attached hydrogen (secondary N) is 3. The van der Waals surface area contributed by atoms with Gasteiger partial charge in [0, 0.05) is 22.9 Å². The highest BCUT2D eigenvalue weighted by atomic mass is 32.2. The number of hydrogen-bond acceptors (Lipinski definition) is 6. The van der Waals surface area contributed by atoms with Crippen LogP contribution in [-0.4, -0.2) is 41.7 Å². The topological polar surface area (TPSA) is 95.2 Å². The van der Waals surface area contributed by atoms with Crippen molar-refractivity contribution in [3.8, 4) is 22.5 Å². The predicted octanol–water partition coefficient (Wildman–Crippen LogP) is 8.51. The largest absolute Gasteiger partial charge is 0.365 e. The van der Waals surface area contributed by atoms with Crippen LogP contribution in [0.1, 0.15) is 64.7 Å². The molecule has 0 fully saturated rings. The molecule has 208 valence electrons. The highest BCUT2D eigenvalue weighted by Crippen LogP contribution is 2.33. The second-order valence-electron chi connectivity index (χ2n) is 10.2. The van der Waals surface area contributed by atoms with Gasteiger partial charge in [-0.2, -0.15) is 0 Å². The van der Waals surface area contributed by atoms with Gasteiger partial charge in [-0.05, 0) is 19.3 Å². The van der Waals surface area contributed by atoms with Crippen LogP contribution in [-0.2, 0) is 0 Å². The fourth-order valence-corrected chi connectivity index (χ4v) is 5.92. The Labute approximate surface area is 241 Å². The smallest absolute Gasteiger partial charge is 0.166 e. The Morgan fingerprint density at radius 1 is 0.800 bits per heavy atom. The van der Waals surface area contributed by atoms with E-state index in [1.54, 1.807) is 12.7 Å². The molecule has 0 amide bonds. The van der Waals surface area contributed by atoms with Crippen LogP contribution in [0.4, 0.5) is 5.82 Å². The van der Waals surface area contributed by atoms with E-state index < -0.39 is 0 Å². The molecule has 40 heavy (non-hydrogen) atoms. The fraction of sp³-hybridized carbons (Fsp3) is 0.375. The Morgan fingerprint density at radius 3 is 2.27 bits per heavy atom. The number of aromatic amines is 2. The molecule has 0 spiro atoms. The molecule has 2 aromatic carbocycles. The zero-order valence-electron chi connectivity index (χ0n) is 23.3. The van der Waals surface area contributed by atoms with Gasteiger partial charge in [0.25, 0.3) is 0 Å². The van der Waals surface area contributed by atoms with Crippen molar-refractivity contribution in [1.29, 1.82) is 0 Å². The van der Waals surface area contributed by atoms with Gasteiger partial charge in [-0.3, -0.25) is 0 Å². The lowest BCUT2D eigenvalue weighted by atomic mass is 10.0. The van der Waals surface area contributed by atoms with Gasteiger partial charge in [0.1, 0.15) is 11.8 Å². The number of imidazole rings is 2. The number of thioether (sulfide) groups is 1. The van der Waals surface area contributed by atoms with Crippen LogP contribution in [0.25, 0.3) is 33.7 Å². The van der Waals surface area contributed by atoms with Crippen molar-refractivity contribution in [1.82, 2.24) is 29.9 Å². The molecule has 3 N–H and O–H groups in total. The molecule has 8 heteroatoms. The molecule has 3 aromatic heterocycles. The standard InChI is InChI=1S/C32H39N7S/c1-2-3-4-12-19-26(37-31-29-30(34-22-33-29)35-23-36-31)20-13-7-14-21-40-32-38-27(24-15-8-5-9-16-24)28(39-32)25-17-10-6-11-18-25/h5-6,8-11,15-18,22-23,26H,2-4,7,12-14,19-21H2,1H3,(H,38,39)(H2,33,34,35,36,37). The van der Waals surface area contributed by atoms with Crippen LogP contribution < -0.4 is 5.32 Å². The van der Waals surface area contributed by atoms with Crippen molar-refractivity contribution in [2.75, 3.05) is 11.1 Å². The SMILES string of the molecule is CCCCCCC(CCCCCSc1nc(-c2ccccc2)c(-c2ccccc2)[nH]1)Nc1ncnc2[nH]cnc12. The molecule has 0 radical (unpaired) electrons. The molecule has 5 rings (SSSR count). The zero-order chi connectivity index (χ0) is 27.4. The molecular formula is C32H39N7S. The molecule has 0 saturated heterocycles. The van der Waals surface area contributed by atoms with Crippen LogP contribution in [0.5, 0.6) is 0 Å². The number of anilines is 1. The Bertz CT molecular complexity index is 1370. The van der Waals surface area contributed by atoms with Crippen LogP contribution in [0, 0.1) is 0 Å². The Kier molecular flexibility index (Phi) is 10.2. The van der Waals surface area contributed by atoms with Gasteiger partial charge >= 0.3 is 0 Å². The first kappa shape index (κ1) is 27.9. The third-order valence-corrected chi connectivity index (χ3v) is 8.15. The van der Waals surface area contributed by atoms with E-state index in [1.165, 1.54) is 38.5 Å². The molecule has 0 aliphatic heterocycles. The van der Waals surface area contributed by atoms with Gasteiger partial charge in [-0.15, -0.1) is 0 Å². The molecule has 1 atom stereocenters. The molecular weight excluding hydrogens is 514 g/mol. The number of fused-ring (bicyclic) bond motifs is 1. The molecule has 0 aliphatic rings. The van der Waals surface area contributed by atoms with E-state index in [2.05, 4.69) is 85.7 Å². The minimum absolute atomic E-state index is 0.395. The van der Waals surface area contributed by atoms with E-state index in [9.17, 15) is 0 Å². The maximum Gasteiger partial charge on any atom is 0.166 e. The average Bonchev–Trinajstić information content (AvgIpc) is 3.66. The quantitative estimate of drug-likeness (QED) is 0.0837. The summed E-state index contributed by atoms with van der Waals surface area (Å²) in [6.07, 6.45) is 14.2. The van der Waals surface area contributed by atoms with Crippen molar-refractivity contribution in [2.24, 2.45) is 0 Å². The third-order valence-electron chi connectivity index (χ3n) is 7.19. The van der Waals surface area contributed by atoms with Crippen LogP contribution in [0.3, 0.4) is 0 Å². The molecule has 3 heterocycles. The number of benzene rings is 2. The molecule has 7 nitrogen and oxygen atoms in total. The predicted molar refractivity (Wildman–Crippen MR) is 167 cm³/mol. The lowest BCUT2D eigenvalue weighted by Crippen LogP contribution is -2.20. The number of nitrogens with zero attached hydrogens (tertiary/aromatic N) is 4. The summed E-state index contributed by atoms with van der Waals surface area (Å²) in [6.45, 7) is 2.26. The van der Waals surface area contributed by atoms with E-state index in [1.807, 2.05) is 23.9 Å². The summed E-state index contributed by atoms with van der Waals surface area (Å²) in [7, 11) is 0. The summed E-state index contributed by atoms with van der Waals surface area (Å²) in [5, 5.41) is 4.67. The van der Waals surface area contributed by atoms with Crippen molar-refractivity contribution in [2.45, 2.75) is 75.9 Å².